The van der Waals surface area contributed by atoms with Gasteiger partial charge in [-0.2, -0.15) is 0 Å². The van der Waals surface area contributed by atoms with Crippen LogP contribution in [-0.4, -0.2) is 35.3 Å². The van der Waals surface area contributed by atoms with E-state index in [-0.39, 0.29) is 18.0 Å². The highest BCUT2D eigenvalue weighted by Crippen LogP contribution is 2.28. The molecule has 3 N–H and O–H groups in total. The number of nitrogens with two attached hydrogens (primary N) is 1. The van der Waals surface area contributed by atoms with Gasteiger partial charge in [-0.1, -0.05) is 6.07 Å². The van der Waals surface area contributed by atoms with Gasteiger partial charge in [0.05, 0.1) is 13.7 Å². The summed E-state index contributed by atoms with van der Waals surface area (Å²) in [5, 5.41) is 0. The van der Waals surface area contributed by atoms with Crippen LogP contribution in [0.1, 0.15) is 18.4 Å². The highest BCUT2D eigenvalue weighted by molar-refractivity contribution is 7.89. The molecule has 6 nitrogen and oxygen atoms in total. The molecule has 118 valence electrons. The van der Waals surface area contributed by atoms with Crippen LogP contribution in [0.25, 0.3) is 0 Å². The van der Waals surface area contributed by atoms with Gasteiger partial charge in [0, 0.05) is 19.7 Å². The van der Waals surface area contributed by atoms with Gasteiger partial charge >= 0.3 is 0 Å². The zero-order chi connectivity index (χ0) is 15.3. The van der Waals surface area contributed by atoms with Crippen molar-refractivity contribution in [1.82, 2.24) is 4.72 Å². The SMILES string of the molecule is COc1ccc(CN)cc1S(=O)(=O)NCCOCC1CC1. The molecule has 2 rings (SSSR count). The number of benzene rings is 1. The van der Waals surface area contributed by atoms with Crippen molar-refractivity contribution >= 4 is 10.0 Å². The molecule has 0 aliphatic heterocycles. The second kappa shape index (κ2) is 7.22. The van der Waals surface area contributed by atoms with E-state index < -0.39 is 10.0 Å². The number of sulfonamides is 1. The highest BCUT2D eigenvalue weighted by atomic mass is 32.2. The number of nitrogens with one attached hydrogen (secondary N) is 1. The van der Waals surface area contributed by atoms with E-state index in [1.807, 2.05) is 0 Å². The molecule has 7 heteroatoms. The smallest absolute Gasteiger partial charge is 0.244 e. The summed E-state index contributed by atoms with van der Waals surface area (Å²) in [6, 6.07) is 4.89. The molecule has 0 saturated heterocycles. The molecule has 0 atom stereocenters. The predicted octanol–water partition coefficient (Wildman–Crippen LogP) is 0.859. The summed E-state index contributed by atoms with van der Waals surface area (Å²) in [7, 11) is -2.19. The first-order chi connectivity index (χ1) is 10.1. The van der Waals surface area contributed by atoms with Gasteiger partial charge in [-0.3, -0.25) is 0 Å². The first-order valence-corrected chi connectivity index (χ1v) is 8.49. The van der Waals surface area contributed by atoms with Crippen molar-refractivity contribution in [1.29, 1.82) is 0 Å². The fraction of sp³-hybridized carbons (Fsp3) is 0.571. The van der Waals surface area contributed by atoms with Gasteiger partial charge in [-0.25, -0.2) is 13.1 Å². The normalized spacial score (nSPS) is 15.1. The van der Waals surface area contributed by atoms with E-state index >= 15 is 0 Å². The van der Waals surface area contributed by atoms with Crippen LogP contribution in [0, 0.1) is 5.92 Å². The van der Waals surface area contributed by atoms with Crippen LogP contribution in [0.2, 0.25) is 0 Å². The Morgan fingerprint density at radius 1 is 1.38 bits per heavy atom. The third kappa shape index (κ3) is 4.67. The van der Waals surface area contributed by atoms with Crippen molar-refractivity contribution in [2.24, 2.45) is 11.7 Å². The maximum atomic E-state index is 12.3. The zero-order valence-corrected chi connectivity index (χ0v) is 13.0. The molecule has 0 heterocycles. The van der Waals surface area contributed by atoms with Crippen molar-refractivity contribution in [3.8, 4) is 5.75 Å². The molecule has 1 aromatic rings. The largest absolute Gasteiger partial charge is 0.495 e. The molecule has 0 unspecified atom stereocenters. The molecule has 1 aromatic carbocycles. The lowest BCUT2D eigenvalue weighted by molar-refractivity contribution is 0.129. The maximum absolute atomic E-state index is 12.3. The van der Waals surface area contributed by atoms with Gasteiger partial charge in [0.2, 0.25) is 10.0 Å². The minimum absolute atomic E-state index is 0.107. The zero-order valence-electron chi connectivity index (χ0n) is 12.2. The Kier molecular flexibility index (Phi) is 5.58. The first kappa shape index (κ1) is 16.2. The Hall–Kier alpha value is -1.15. The minimum Gasteiger partial charge on any atom is -0.495 e. The molecule has 21 heavy (non-hydrogen) atoms. The standard InChI is InChI=1S/C14H22N2O4S/c1-19-13-5-4-12(9-15)8-14(13)21(17,18)16-6-7-20-10-11-2-3-11/h4-5,8,11,16H,2-3,6-7,9-10,15H2,1H3. The van der Waals surface area contributed by atoms with Crippen LogP contribution in [0.15, 0.2) is 23.1 Å². The summed E-state index contributed by atoms with van der Waals surface area (Å²) in [5.41, 5.74) is 6.29. The van der Waals surface area contributed by atoms with E-state index in [2.05, 4.69) is 4.72 Å². The average molecular weight is 314 g/mol. The van der Waals surface area contributed by atoms with Gasteiger partial charge in [-0.15, -0.1) is 0 Å². The topological polar surface area (TPSA) is 90.7 Å². The van der Waals surface area contributed by atoms with E-state index in [1.54, 1.807) is 12.1 Å². The fourth-order valence-electron chi connectivity index (χ4n) is 1.92. The van der Waals surface area contributed by atoms with Crippen LogP contribution in [0.4, 0.5) is 0 Å². The Morgan fingerprint density at radius 2 is 2.14 bits per heavy atom. The number of methoxy groups -OCH3 is 1. The number of ether oxygens (including phenoxy) is 2. The molecule has 1 aliphatic carbocycles. The van der Waals surface area contributed by atoms with E-state index in [0.29, 0.717) is 24.9 Å². The summed E-state index contributed by atoms with van der Waals surface area (Å²) in [6.45, 7) is 1.60. The molecule has 0 bridgehead atoms. The van der Waals surface area contributed by atoms with E-state index in [9.17, 15) is 8.42 Å². The molecule has 1 aliphatic rings. The monoisotopic (exact) mass is 314 g/mol. The van der Waals surface area contributed by atoms with Gasteiger partial charge < -0.3 is 15.2 Å². The van der Waals surface area contributed by atoms with Gasteiger partial charge in [0.25, 0.3) is 0 Å². The first-order valence-electron chi connectivity index (χ1n) is 7.01. The molecule has 0 amide bonds. The highest BCUT2D eigenvalue weighted by Gasteiger charge is 2.22. The van der Waals surface area contributed by atoms with E-state index in [0.717, 1.165) is 5.56 Å². The maximum Gasteiger partial charge on any atom is 0.244 e. The van der Waals surface area contributed by atoms with Crippen LogP contribution in [0.5, 0.6) is 5.75 Å². The third-order valence-corrected chi connectivity index (χ3v) is 4.82. The summed E-state index contributed by atoms with van der Waals surface area (Å²) in [4.78, 5) is 0.107. The van der Waals surface area contributed by atoms with Crippen molar-refractivity contribution in [3.05, 3.63) is 23.8 Å². The summed E-state index contributed by atoms with van der Waals surface area (Å²) in [5.74, 6) is 0.974. The number of hydrogen-bond donors (Lipinski definition) is 2. The quantitative estimate of drug-likeness (QED) is 0.660. The number of hydrogen-bond acceptors (Lipinski definition) is 5. The summed E-state index contributed by atoms with van der Waals surface area (Å²) >= 11 is 0. The lowest BCUT2D eigenvalue weighted by Crippen LogP contribution is -2.28. The Bertz CT molecular complexity index is 570. The average Bonchev–Trinajstić information content (AvgIpc) is 3.30. The van der Waals surface area contributed by atoms with Crippen LogP contribution < -0.4 is 15.2 Å². The fourth-order valence-corrected chi connectivity index (χ4v) is 3.15. The molecule has 0 aromatic heterocycles. The van der Waals surface area contributed by atoms with Crippen molar-refractivity contribution in [2.45, 2.75) is 24.3 Å². The van der Waals surface area contributed by atoms with Crippen LogP contribution in [-0.2, 0) is 21.3 Å². The summed E-state index contributed by atoms with van der Waals surface area (Å²) in [6.07, 6.45) is 2.43. The predicted molar refractivity (Wildman–Crippen MR) is 79.6 cm³/mol. The van der Waals surface area contributed by atoms with E-state index in [4.69, 9.17) is 15.2 Å². The molecular formula is C14H22N2O4S. The molecule has 0 spiro atoms. The third-order valence-electron chi connectivity index (χ3n) is 3.34. The van der Waals surface area contributed by atoms with Crippen molar-refractivity contribution in [2.75, 3.05) is 26.9 Å². The lowest BCUT2D eigenvalue weighted by Gasteiger charge is -2.12. The van der Waals surface area contributed by atoms with Crippen LogP contribution in [0.3, 0.4) is 0 Å². The Labute approximate surface area is 125 Å². The molecule has 1 saturated carbocycles. The second-order valence-corrected chi connectivity index (χ2v) is 6.84. The van der Waals surface area contributed by atoms with Gasteiger partial charge in [-0.05, 0) is 36.5 Å². The molecule has 1 fully saturated rings. The minimum atomic E-state index is -3.63. The Balaban J connectivity index is 1.96. The van der Waals surface area contributed by atoms with Crippen LogP contribution >= 0.6 is 0 Å². The Morgan fingerprint density at radius 3 is 2.76 bits per heavy atom. The van der Waals surface area contributed by atoms with Crippen molar-refractivity contribution in [3.63, 3.8) is 0 Å². The van der Waals surface area contributed by atoms with Gasteiger partial charge in [0.15, 0.2) is 0 Å². The lowest BCUT2D eigenvalue weighted by atomic mass is 10.2. The van der Waals surface area contributed by atoms with Gasteiger partial charge in [0.1, 0.15) is 10.6 Å². The number of rotatable bonds is 9. The van der Waals surface area contributed by atoms with E-state index in [1.165, 1.54) is 26.0 Å². The second-order valence-electron chi connectivity index (χ2n) is 5.11. The summed E-state index contributed by atoms with van der Waals surface area (Å²) < 4.78 is 37.6. The van der Waals surface area contributed by atoms with Crippen molar-refractivity contribution < 1.29 is 17.9 Å². The molecule has 0 radical (unpaired) electrons. The molecular weight excluding hydrogens is 292 g/mol.